The molecule has 1 aliphatic heterocycles. The second-order valence-electron chi connectivity index (χ2n) is 7.20. The largest absolute Gasteiger partial charge is 0.333 e. The quantitative estimate of drug-likeness (QED) is 0.472. The second kappa shape index (κ2) is 8.61. The molecule has 2 aromatic carbocycles. The molecule has 4 rings (SSSR count). The van der Waals surface area contributed by atoms with Crippen molar-refractivity contribution < 1.29 is 17.6 Å². The number of nitrogens with zero attached hydrogens (tertiary/aromatic N) is 2. The Morgan fingerprint density at radius 3 is 2.71 bits per heavy atom. The summed E-state index contributed by atoms with van der Waals surface area (Å²) in [4.78, 5) is 19.0. The Bertz CT molecular complexity index is 1240. The predicted octanol–water partition coefficient (Wildman–Crippen LogP) is 4.84. The fourth-order valence-electron chi connectivity index (χ4n) is 3.36. The van der Waals surface area contributed by atoms with Gasteiger partial charge < -0.3 is 4.90 Å². The Labute approximate surface area is 196 Å². The van der Waals surface area contributed by atoms with E-state index >= 15 is 4.39 Å². The fraction of sp³-hybridized carbons (Fsp3) is 0.238. The molecule has 1 aliphatic rings. The number of rotatable bonds is 4. The van der Waals surface area contributed by atoms with Gasteiger partial charge in [-0.1, -0.05) is 41.9 Å². The van der Waals surface area contributed by atoms with E-state index in [-0.39, 0.29) is 17.1 Å². The molecule has 0 aliphatic carbocycles. The summed E-state index contributed by atoms with van der Waals surface area (Å²) in [7, 11) is -4.15. The van der Waals surface area contributed by atoms with Crippen LogP contribution < -0.4 is 0 Å². The maximum atomic E-state index is 16.0. The van der Waals surface area contributed by atoms with Crippen LogP contribution >= 0.6 is 38.9 Å². The molecule has 1 atom stereocenters. The van der Waals surface area contributed by atoms with Gasteiger partial charge in [-0.15, -0.1) is 11.3 Å². The highest BCUT2D eigenvalue weighted by atomic mass is 79.9. The van der Waals surface area contributed by atoms with Crippen molar-refractivity contribution in [3.8, 4) is 0 Å². The van der Waals surface area contributed by atoms with Crippen molar-refractivity contribution >= 4 is 54.6 Å². The van der Waals surface area contributed by atoms with E-state index in [9.17, 15) is 13.2 Å². The highest BCUT2D eigenvalue weighted by Gasteiger charge is 2.53. The van der Waals surface area contributed by atoms with E-state index in [2.05, 4.69) is 20.9 Å². The van der Waals surface area contributed by atoms with Crippen LogP contribution in [0.3, 0.4) is 0 Å². The Morgan fingerprint density at radius 1 is 1.26 bits per heavy atom. The molecular weight excluding hydrogens is 527 g/mol. The molecule has 0 bridgehead atoms. The van der Waals surface area contributed by atoms with Gasteiger partial charge in [0.15, 0.2) is 9.84 Å². The number of sulfone groups is 1. The number of carbonyl (C=O) groups is 1. The van der Waals surface area contributed by atoms with E-state index < -0.39 is 33.0 Å². The summed E-state index contributed by atoms with van der Waals surface area (Å²) >= 11 is 10.3. The van der Waals surface area contributed by atoms with E-state index in [4.69, 9.17) is 11.6 Å². The summed E-state index contributed by atoms with van der Waals surface area (Å²) in [6.45, 7) is -0.705. The average Bonchev–Trinajstić information content (AvgIpc) is 3.21. The number of hydrogen-bond donors (Lipinski definition) is 0. The monoisotopic (exact) mass is 542 g/mol. The normalized spacial score (nSPS) is 20.5. The lowest BCUT2D eigenvalue weighted by atomic mass is 10.1. The van der Waals surface area contributed by atoms with Crippen LogP contribution in [0.1, 0.15) is 25.8 Å². The Hall–Kier alpha value is -1.81. The Balaban J connectivity index is 1.61. The van der Waals surface area contributed by atoms with E-state index in [0.717, 1.165) is 21.8 Å². The molecule has 31 heavy (non-hydrogen) atoms. The molecule has 1 amide bonds. The third-order valence-electron chi connectivity index (χ3n) is 5.07. The number of thiazole rings is 1. The van der Waals surface area contributed by atoms with Gasteiger partial charge in [0, 0.05) is 34.1 Å². The van der Waals surface area contributed by atoms with E-state index in [0.29, 0.717) is 15.9 Å². The molecule has 5 nitrogen and oxygen atoms in total. The second-order valence-corrected chi connectivity index (χ2v) is 11.9. The van der Waals surface area contributed by atoms with Gasteiger partial charge >= 0.3 is 0 Å². The van der Waals surface area contributed by atoms with Crippen molar-refractivity contribution in [2.45, 2.75) is 11.4 Å². The summed E-state index contributed by atoms with van der Waals surface area (Å²) in [6.07, 6.45) is 2.02. The van der Waals surface area contributed by atoms with E-state index in [1.165, 1.54) is 17.2 Å². The molecule has 0 spiro atoms. The zero-order valence-corrected chi connectivity index (χ0v) is 20.1. The molecule has 2 heterocycles. The number of carbonyl (C=O) groups excluding carboxylic acids is 1. The van der Waals surface area contributed by atoms with Crippen LogP contribution in [0.25, 0.3) is 0 Å². The van der Waals surface area contributed by atoms with Crippen LogP contribution in [0.5, 0.6) is 0 Å². The van der Waals surface area contributed by atoms with Gasteiger partial charge in [-0.05, 0) is 39.7 Å². The third-order valence-corrected chi connectivity index (χ3v) is 9.59. The number of halogens is 3. The van der Waals surface area contributed by atoms with Gasteiger partial charge in [0.1, 0.15) is 5.01 Å². The molecule has 1 saturated heterocycles. The first kappa shape index (κ1) is 22.4. The van der Waals surface area contributed by atoms with E-state index in [1.807, 2.05) is 30.3 Å². The Kier molecular flexibility index (Phi) is 6.22. The van der Waals surface area contributed by atoms with Crippen LogP contribution in [0.15, 0.2) is 59.2 Å². The summed E-state index contributed by atoms with van der Waals surface area (Å²) < 4.78 is 42.1. The Morgan fingerprint density at radius 2 is 2.00 bits per heavy atom. The summed E-state index contributed by atoms with van der Waals surface area (Å²) in [6, 6.07) is 14.2. The number of amides is 1. The van der Waals surface area contributed by atoms with Gasteiger partial charge in [-0.2, -0.15) is 0 Å². The highest BCUT2D eigenvalue weighted by molar-refractivity contribution is 9.10. The van der Waals surface area contributed by atoms with Crippen molar-refractivity contribution in [2.75, 3.05) is 18.8 Å². The van der Waals surface area contributed by atoms with Gasteiger partial charge in [-0.25, -0.2) is 17.8 Å². The third kappa shape index (κ3) is 4.41. The molecule has 0 N–H and O–H groups in total. The standard InChI is InChI=1S/C21H17BrClFN2O3S2/c22-17-7-6-15(11-18(17)23)19(27)26-8-9-31(28,29)21(24,13-26)20-25-12-16(30-20)10-14-4-2-1-3-5-14/h1-7,11-12H,8-10,13H2. The first-order valence-corrected chi connectivity index (χ1v) is 13.0. The van der Waals surface area contributed by atoms with Crippen LogP contribution in [0.2, 0.25) is 5.02 Å². The first-order chi connectivity index (χ1) is 14.7. The molecule has 10 heteroatoms. The lowest BCUT2D eigenvalue weighted by molar-refractivity contribution is 0.0666. The van der Waals surface area contributed by atoms with Gasteiger partial charge in [0.05, 0.1) is 17.3 Å². The molecule has 0 radical (unpaired) electrons. The number of benzene rings is 2. The SMILES string of the molecule is O=C(c1ccc(Br)c(Cl)c1)N1CCS(=O)(=O)C(F)(c2ncc(Cc3ccccc3)s2)C1. The summed E-state index contributed by atoms with van der Waals surface area (Å²) in [5, 5.41) is -2.56. The number of hydrogen-bond acceptors (Lipinski definition) is 5. The first-order valence-electron chi connectivity index (χ1n) is 9.34. The van der Waals surface area contributed by atoms with Gasteiger partial charge in [-0.3, -0.25) is 4.79 Å². The van der Waals surface area contributed by atoms with Crippen LogP contribution in [0, 0.1) is 0 Å². The van der Waals surface area contributed by atoms with Gasteiger partial charge in [0.2, 0.25) is 0 Å². The minimum atomic E-state index is -4.15. The molecule has 1 unspecified atom stereocenters. The minimum Gasteiger partial charge on any atom is -0.333 e. The molecule has 162 valence electrons. The van der Waals surface area contributed by atoms with Crippen LogP contribution in [0.4, 0.5) is 4.39 Å². The lowest BCUT2D eigenvalue weighted by Crippen LogP contribution is -2.53. The van der Waals surface area contributed by atoms with Crippen LogP contribution in [-0.4, -0.2) is 43.1 Å². The average molecular weight is 544 g/mol. The lowest BCUT2D eigenvalue weighted by Gasteiger charge is -2.35. The van der Waals surface area contributed by atoms with Crippen LogP contribution in [-0.2, 0) is 21.3 Å². The van der Waals surface area contributed by atoms with Crippen molar-refractivity contribution in [3.63, 3.8) is 0 Å². The molecular formula is C21H17BrClFN2O3S2. The molecule has 3 aromatic rings. The summed E-state index contributed by atoms with van der Waals surface area (Å²) in [5.41, 5.74) is 1.28. The maximum Gasteiger partial charge on any atom is 0.278 e. The predicted molar refractivity (Wildman–Crippen MR) is 123 cm³/mol. The summed E-state index contributed by atoms with van der Waals surface area (Å²) in [5.74, 6) is -0.958. The van der Waals surface area contributed by atoms with Gasteiger partial charge in [0.25, 0.3) is 10.9 Å². The molecule has 1 aromatic heterocycles. The van der Waals surface area contributed by atoms with E-state index in [1.54, 1.807) is 12.1 Å². The van der Waals surface area contributed by atoms with Crippen molar-refractivity contribution in [1.82, 2.24) is 9.88 Å². The topological polar surface area (TPSA) is 67.3 Å². The minimum absolute atomic E-state index is 0.0945. The zero-order chi connectivity index (χ0) is 22.2. The smallest absolute Gasteiger partial charge is 0.278 e. The number of alkyl halides is 1. The van der Waals surface area contributed by atoms with Crippen molar-refractivity contribution in [3.05, 3.63) is 85.2 Å². The zero-order valence-electron chi connectivity index (χ0n) is 16.1. The number of aromatic nitrogens is 1. The molecule has 0 saturated carbocycles. The molecule has 1 fully saturated rings. The van der Waals surface area contributed by atoms with Crippen molar-refractivity contribution in [2.24, 2.45) is 0 Å². The maximum absolute atomic E-state index is 16.0. The van der Waals surface area contributed by atoms with Crippen molar-refractivity contribution in [1.29, 1.82) is 0 Å². The fourth-order valence-corrected chi connectivity index (χ4v) is 6.66. The highest BCUT2D eigenvalue weighted by Crippen LogP contribution is 2.40.